The minimum absolute atomic E-state index is 0.108. The number of phosphoric acid groups is 1. The van der Waals surface area contributed by atoms with E-state index in [0.29, 0.717) is 13.0 Å². The number of aliphatic hydroxyl groups excluding tert-OH is 5. The molecule has 6 N–H and O–H groups in total. The van der Waals surface area contributed by atoms with Crippen molar-refractivity contribution in [3.8, 4) is 0 Å². The fourth-order valence-corrected chi connectivity index (χ4v) is 6.65. The zero-order valence-corrected chi connectivity index (χ0v) is 33.6. The van der Waals surface area contributed by atoms with Gasteiger partial charge in [-0.25, -0.2) is 4.57 Å². The van der Waals surface area contributed by atoms with Gasteiger partial charge < -0.3 is 39.9 Å². The standard InChI is InChI=1S/C41H71O12P/c1-3-5-7-9-11-13-14-15-16-17-18-19-20-21-23-25-27-29-31-50-32-34(52-35(42)30-28-26-24-22-12-10-8-6-4-2)33-51-54(48,49)53-41-39(46)37(44)36(43)38(45)40(41)47/h5,7,11,13,15-16,18-19,21,23,34,36-41,43-47H,3-4,6,8-10,12,14,17,20,22,24-33H2,1-2H3,(H,48,49)/b7-5-,13-11-,16-15-,19-18-,23-21-. The predicted molar refractivity (Wildman–Crippen MR) is 212 cm³/mol. The monoisotopic (exact) mass is 786 g/mol. The molecule has 0 aliphatic heterocycles. The summed E-state index contributed by atoms with van der Waals surface area (Å²) < 4.78 is 33.9. The highest BCUT2D eigenvalue weighted by molar-refractivity contribution is 7.47. The number of allylic oxidation sites excluding steroid dienone is 10. The van der Waals surface area contributed by atoms with Crippen LogP contribution in [0.5, 0.6) is 0 Å². The molecule has 0 aromatic rings. The predicted octanol–water partition coefficient (Wildman–Crippen LogP) is 7.08. The molecule has 1 aliphatic rings. The van der Waals surface area contributed by atoms with Crippen molar-refractivity contribution in [2.75, 3.05) is 19.8 Å². The second-order valence-corrected chi connectivity index (χ2v) is 15.2. The molecular formula is C41H71O12P. The van der Waals surface area contributed by atoms with Crippen LogP contribution in [-0.4, -0.2) is 98.9 Å². The number of hydrogen-bond donors (Lipinski definition) is 6. The van der Waals surface area contributed by atoms with E-state index in [1.807, 2.05) is 0 Å². The van der Waals surface area contributed by atoms with E-state index in [1.54, 1.807) is 0 Å². The Morgan fingerprint density at radius 1 is 0.611 bits per heavy atom. The molecule has 312 valence electrons. The molecule has 6 atom stereocenters. The highest BCUT2D eigenvalue weighted by Gasteiger charge is 2.51. The number of rotatable bonds is 32. The number of unbranched alkanes of at least 4 members (excludes halogenated alkanes) is 10. The Morgan fingerprint density at radius 3 is 1.63 bits per heavy atom. The molecule has 12 nitrogen and oxygen atoms in total. The second-order valence-electron chi connectivity index (χ2n) is 13.8. The summed E-state index contributed by atoms with van der Waals surface area (Å²) in [6.07, 6.45) is 26.0. The van der Waals surface area contributed by atoms with Crippen LogP contribution in [0.4, 0.5) is 0 Å². The minimum atomic E-state index is -5.02. The summed E-state index contributed by atoms with van der Waals surface area (Å²) in [4.78, 5) is 23.0. The highest BCUT2D eigenvalue weighted by atomic mass is 31.2. The highest BCUT2D eigenvalue weighted by Crippen LogP contribution is 2.47. The van der Waals surface area contributed by atoms with Gasteiger partial charge in [0.15, 0.2) is 0 Å². The van der Waals surface area contributed by atoms with E-state index in [4.69, 9.17) is 18.5 Å². The van der Waals surface area contributed by atoms with E-state index >= 15 is 0 Å². The number of ether oxygens (including phenoxy) is 2. The van der Waals surface area contributed by atoms with Gasteiger partial charge in [0.25, 0.3) is 0 Å². The SMILES string of the molecule is CC/C=C\C/C=C\C/C=C\C/C=C\C/C=C\CCCCOCC(COP(=O)(O)OC1C(O)C(O)C(O)C(O)C1O)OC(=O)CCCCCCCCCCC. The molecule has 1 fully saturated rings. The molecule has 0 radical (unpaired) electrons. The normalized spacial score (nSPS) is 24.1. The van der Waals surface area contributed by atoms with Crippen molar-refractivity contribution < 1.29 is 58.3 Å². The number of carbonyl (C=O) groups is 1. The van der Waals surface area contributed by atoms with Crippen molar-refractivity contribution in [1.29, 1.82) is 0 Å². The lowest BCUT2D eigenvalue weighted by molar-refractivity contribution is -0.220. The van der Waals surface area contributed by atoms with Crippen molar-refractivity contribution in [1.82, 2.24) is 0 Å². The van der Waals surface area contributed by atoms with Crippen LogP contribution in [0.2, 0.25) is 0 Å². The summed E-state index contributed by atoms with van der Waals surface area (Å²) in [5.41, 5.74) is 0. The van der Waals surface area contributed by atoms with Crippen molar-refractivity contribution >= 4 is 13.8 Å². The molecule has 13 heteroatoms. The first-order valence-corrected chi connectivity index (χ1v) is 21.6. The van der Waals surface area contributed by atoms with Gasteiger partial charge in [-0.15, -0.1) is 0 Å². The largest absolute Gasteiger partial charge is 0.472 e. The fraction of sp³-hybridized carbons (Fsp3) is 0.732. The maximum Gasteiger partial charge on any atom is 0.472 e. The summed E-state index contributed by atoms with van der Waals surface area (Å²) in [5.74, 6) is -0.499. The van der Waals surface area contributed by atoms with E-state index in [1.165, 1.54) is 32.1 Å². The smallest absolute Gasteiger partial charge is 0.457 e. The van der Waals surface area contributed by atoms with Crippen LogP contribution in [0.25, 0.3) is 0 Å². The molecule has 0 aromatic carbocycles. The number of carbonyl (C=O) groups excluding carboxylic acids is 1. The zero-order valence-electron chi connectivity index (χ0n) is 32.7. The van der Waals surface area contributed by atoms with Crippen LogP contribution in [0.3, 0.4) is 0 Å². The first-order valence-electron chi connectivity index (χ1n) is 20.1. The summed E-state index contributed by atoms with van der Waals surface area (Å²) in [5, 5.41) is 50.0. The fourth-order valence-electron chi connectivity index (χ4n) is 5.67. The molecular weight excluding hydrogens is 715 g/mol. The van der Waals surface area contributed by atoms with Gasteiger partial charge >= 0.3 is 13.8 Å². The Bertz CT molecular complexity index is 1120. The molecule has 0 bridgehead atoms. The zero-order chi connectivity index (χ0) is 39.9. The lowest BCUT2D eigenvalue weighted by atomic mass is 9.85. The molecule has 1 rings (SSSR count). The summed E-state index contributed by atoms with van der Waals surface area (Å²) in [7, 11) is -5.02. The lowest BCUT2D eigenvalue weighted by Gasteiger charge is -2.41. The third-order valence-corrected chi connectivity index (χ3v) is 9.89. The van der Waals surface area contributed by atoms with Crippen LogP contribution in [-0.2, 0) is 27.9 Å². The van der Waals surface area contributed by atoms with Crippen molar-refractivity contribution in [3.63, 3.8) is 0 Å². The maximum absolute atomic E-state index is 12.7. The molecule has 0 spiro atoms. The molecule has 1 saturated carbocycles. The van der Waals surface area contributed by atoms with Gasteiger partial charge in [0.05, 0.1) is 13.2 Å². The lowest BCUT2D eigenvalue weighted by Crippen LogP contribution is -2.64. The van der Waals surface area contributed by atoms with Crippen LogP contribution >= 0.6 is 7.82 Å². The van der Waals surface area contributed by atoms with Crippen molar-refractivity contribution in [2.24, 2.45) is 0 Å². The molecule has 1 aliphatic carbocycles. The van der Waals surface area contributed by atoms with Crippen molar-refractivity contribution in [2.45, 2.75) is 172 Å². The molecule has 0 amide bonds. The Kier molecular flexibility index (Phi) is 29.8. The summed E-state index contributed by atoms with van der Waals surface area (Å²) >= 11 is 0. The topological polar surface area (TPSA) is 192 Å². The van der Waals surface area contributed by atoms with Crippen LogP contribution in [0.1, 0.15) is 129 Å². The minimum Gasteiger partial charge on any atom is -0.457 e. The van der Waals surface area contributed by atoms with Gasteiger partial charge in [-0.2, -0.15) is 0 Å². The Balaban J connectivity index is 2.47. The Labute approximate surface area is 324 Å². The van der Waals surface area contributed by atoms with Gasteiger partial charge in [0, 0.05) is 13.0 Å². The van der Waals surface area contributed by atoms with Gasteiger partial charge in [-0.3, -0.25) is 13.8 Å². The van der Waals surface area contributed by atoms with E-state index < -0.39 is 63.1 Å². The van der Waals surface area contributed by atoms with E-state index in [0.717, 1.165) is 70.6 Å². The van der Waals surface area contributed by atoms with E-state index in [-0.39, 0.29) is 13.0 Å². The number of hydrogen-bond acceptors (Lipinski definition) is 11. The molecule has 6 unspecified atom stereocenters. The third kappa shape index (κ3) is 24.5. The molecule has 0 aromatic heterocycles. The van der Waals surface area contributed by atoms with Crippen LogP contribution in [0.15, 0.2) is 60.8 Å². The van der Waals surface area contributed by atoms with Crippen molar-refractivity contribution in [3.05, 3.63) is 60.8 Å². The van der Waals surface area contributed by atoms with Gasteiger partial charge in [0.2, 0.25) is 0 Å². The Hall–Kier alpha value is -1.96. The molecule has 0 heterocycles. The third-order valence-electron chi connectivity index (χ3n) is 8.90. The quantitative estimate of drug-likeness (QED) is 0.0176. The van der Waals surface area contributed by atoms with E-state index in [9.17, 15) is 39.8 Å². The average Bonchev–Trinajstić information content (AvgIpc) is 3.15. The number of aliphatic hydroxyl groups is 5. The average molecular weight is 787 g/mol. The molecule has 54 heavy (non-hydrogen) atoms. The summed E-state index contributed by atoms with van der Waals surface area (Å²) in [6.45, 7) is 3.98. The maximum atomic E-state index is 12.7. The second kappa shape index (κ2) is 32.2. The summed E-state index contributed by atoms with van der Waals surface area (Å²) in [6, 6.07) is 0. The van der Waals surface area contributed by atoms with Gasteiger partial charge in [-0.05, 0) is 57.8 Å². The van der Waals surface area contributed by atoms with Gasteiger partial charge in [-0.1, -0.05) is 126 Å². The number of esters is 1. The van der Waals surface area contributed by atoms with Crippen LogP contribution in [0, 0.1) is 0 Å². The number of phosphoric ester groups is 1. The Morgan fingerprint density at radius 2 is 1.09 bits per heavy atom. The van der Waals surface area contributed by atoms with E-state index in [2.05, 4.69) is 74.6 Å². The first-order chi connectivity index (χ1) is 26.0. The van der Waals surface area contributed by atoms with Crippen LogP contribution < -0.4 is 0 Å². The first kappa shape index (κ1) is 50.1. The van der Waals surface area contributed by atoms with Gasteiger partial charge in [0.1, 0.15) is 42.7 Å². The molecule has 0 saturated heterocycles.